The zero-order valence-corrected chi connectivity index (χ0v) is 33.8. The minimum atomic E-state index is -5.06. The van der Waals surface area contributed by atoms with Gasteiger partial charge in [-0.2, -0.15) is 31.0 Å². The number of fused-ring (bicyclic) bond motifs is 4. The molecule has 1 amide bonds. The number of phenols is 2. The fraction of sp³-hybridized carbons (Fsp3) is 0.0238. The van der Waals surface area contributed by atoms with Crippen molar-refractivity contribution in [2.24, 2.45) is 20.5 Å². The zero-order chi connectivity index (χ0) is 44.8. The molecule has 21 heteroatoms. The van der Waals surface area contributed by atoms with Gasteiger partial charge in [0.25, 0.3) is 5.91 Å². The van der Waals surface area contributed by atoms with E-state index in [0.717, 1.165) is 6.07 Å². The van der Waals surface area contributed by atoms with Gasteiger partial charge >= 0.3 is 26.7 Å². The van der Waals surface area contributed by atoms with E-state index in [0.29, 0.717) is 14.7 Å². The summed E-state index contributed by atoms with van der Waals surface area (Å²) in [5.41, 5.74) is 0.863. The van der Waals surface area contributed by atoms with Gasteiger partial charge in [0, 0.05) is 33.0 Å². The number of benzene rings is 7. The van der Waals surface area contributed by atoms with Crippen molar-refractivity contribution >= 4 is 93.6 Å². The second-order valence-corrected chi connectivity index (χ2v) is 16.0. The molecular formula is C42H29N7O12S2. The Hall–Kier alpha value is -8.11. The van der Waals surface area contributed by atoms with Crippen LogP contribution in [0.4, 0.5) is 28.4 Å². The first-order chi connectivity index (χ1) is 29.9. The van der Waals surface area contributed by atoms with E-state index in [1.54, 1.807) is 30.3 Å². The highest BCUT2D eigenvalue weighted by atomic mass is 32.3. The van der Waals surface area contributed by atoms with Gasteiger partial charge in [0.2, 0.25) is 0 Å². The lowest BCUT2D eigenvalue weighted by molar-refractivity contribution is 0.0693. The summed E-state index contributed by atoms with van der Waals surface area (Å²) in [4.78, 5) is 28.8. The van der Waals surface area contributed by atoms with E-state index in [-0.39, 0.29) is 89.8 Å². The van der Waals surface area contributed by atoms with Gasteiger partial charge < -0.3 is 24.8 Å². The van der Waals surface area contributed by atoms with Crippen LogP contribution >= 0.6 is 0 Å². The molecule has 0 aliphatic rings. The Morgan fingerprint density at radius 3 is 2.13 bits per heavy atom. The molecule has 0 aliphatic heterocycles. The summed E-state index contributed by atoms with van der Waals surface area (Å²) >= 11 is 0. The highest BCUT2D eigenvalue weighted by molar-refractivity contribution is 7.84. The van der Waals surface area contributed by atoms with Crippen LogP contribution < -0.4 is 9.50 Å². The first-order valence-corrected chi connectivity index (χ1v) is 21.0. The number of hydrogen-bond acceptors (Lipinski definition) is 14. The van der Waals surface area contributed by atoms with Gasteiger partial charge in [0.15, 0.2) is 17.3 Å². The average molecular weight is 888 g/mol. The number of carboxylic acid groups (broad SMARTS) is 1. The molecule has 19 nitrogen and oxygen atoms in total. The second-order valence-electron chi connectivity index (χ2n) is 13.7. The maximum atomic E-state index is 13.0. The van der Waals surface area contributed by atoms with Gasteiger partial charge in [-0.3, -0.25) is 13.9 Å². The topological polar surface area (TPSA) is 292 Å². The Labute approximate surface area is 355 Å². The van der Waals surface area contributed by atoms with E-state index >= 15 is 0 Å². The van der Waals surface area contributed by atoms with Crippen molar-refractivity contribution in [1.29, 1.82) is 0 Å². The lowest BCUT2D eigenvalue weighted by Gasteiger charge is -2.10. The summed E-state index contributed by atoms with van der Waals surface area (Å²) in [6.07, 6.45) is 0. The Bertz CT molecular complexity index is 3500. The fourth-order valence-electron chi connectivity index (χ4n) is 6.74. The van der Waals surface area contributed by atoms with E-state index < -0.39 is 38.3 Å². The molecule has 7 aromatic carbocycles. The van der Waals surface area contributed by atoms with Crippen molar-refractivity contribution < 1.29 is 55.0 Å². The van der Waals surface area contributed by atoms with Gasteiger partial charge in [-0.1, -0.05) is 42.5 Å². The molecule has 1 aromatic heterocycles. The largest absolute Gasteiger partial charge is 0.507 e. The first-order valence-electron chi connectivity index (χ1n) is 18.2. The Kier molecular flexibility index (Phi) is 10.6. The van der Waals surface area contributed by atoms with E-state index in [9.17, 15) is 50.8 Å². The Morgan fingerprint density at radius 1 is 0.698 bits per heavy atom. The Morgan fingerprint density at radius 2 is 1.40 bits per heavy atom. The number of nitrogens with one attached hydrogen (secondary N) is 1. The van der Waals surface area contributed by atoms with Crippen molar-refractivity contribution in [3.63, 3.8) is 0 Å². The number of aromatic hydroxyl groups is 2. The van der Waals surface area contributed by atoms with Gasteiger partial charge in [-0.05, 0) is 96.7 Å². The van der Waals surface area contributed by atoms with Crippen LogP contribution in [0.1, 0.15) is 26.3 Å². The van der Waals surface area contributed by atoms with Crippen LogP contribution in [0.25, 0.3) is 44.0 Å². The van der Waals surface area contributed by atoms with E-state index in [4.69, 9.17) is 4.18 Å². The summed E-state index contributed by atoms with van der Waals surface area (Å²) in [5.74, 6) is -3.20. The van der Waals surface area contributed by atoms with E-state index in [1.165, 1.54) is 91.9 Å². The zero-order valence-electron chi connectivity index (χ0n) is 32.1. The average Bonchev–Trinajstić information content (AvgIpc) is 3.66. The number of hydrogen-bond donors (Lipinski definition) is 6. The summed E-state index contributed by atoms with van der Waals surface area (Å²) in [7, 11) is -10.0. The molecule has 0 spiro atoms. The summed E-state index contributed by atoms with van der Waals surface area (Å²) in [6.45, 7) is 1.50. The van der Waals surface area contributed by atoms with Crippen molar-refractivity contribution in [2.45, 2.75) is 6.92 Å². The number of carbonyl (C=O) groups is 2. The predicted molar refractivity (Wildman–Crippen MR) is 230 cm³/mol. The van der Waals surface area contributed by atoms with Crippen LogP contribution in [-0.2, 0) is 20.7 Å². The van der Waals surface area contributed by atoms with Crippen molar-refractivity contribution in [1.82, 2.24) is 8.96 Å². The van der Waals surface area contributed by atoms with Gasteiger partial charge in [-0.15, -0.1) is 10.2 Å². The number of amides is 1. The highest BCUT2D eigenvalue weighted by Gasteiger charge is 2.25. The molecule has 0 aliphatic carbocycles. The number of aromatic nitrogens is 2. The molecule has 0 bridgehead atoms. The normalized spacial score (nSPS) is 12.2. The molecule has 63 heavy (non-hydrogen) atoms. The third-order valence-electron chi connectivity index (χ3n) is 9.57. The number of nitrogens with zero attached hydrogens (tertiary/aromatic N) is 6. The monoisotopic (exact) mass is 887 g/mol. The molecule has 316 valence electrons. The standard InChI is InChI=1S/C42H29N7O12S2/c1-22-19-28(21-32(37(22)50)42(53)54)43-41(52)24-9-12-26(13-10-24)45-47-34-18-14-30-31(38(34)51)15-17-33-36(30)49(62(55,56)57)40(44-33)25-6-4-7-27(20-25)46-48-35-16-11-23-5-2-3-8-29(23)39(35)61-63(58,59)60/h2-21,50-51H,1H3,(H,43,52)(H,53,54)(H,55,56,57)(H,58,59,60). The van der Waals surface area contributed by atoms with Crippen molar-refractivity contribution in [3.8, 4) is 28.6 Å². The van der Waals surface area contributed by atoms with Crippen molar-refractivity contribution in [2.75, 3.05) is 5.32 Å². The SMILES string of the molecule is Cc1cc(NC(=O)c2ccc(N=Nc3ccc4c(ccc5nc(-c6cccc(N=Nc7ccc8ccccc8c7OS(=O)(=O)O)c6)n(S(=O)(=O)O)c54)c3O)cc2)cc(C(=O)O)c1O. The second kappa shape index (κ2) is 16.1. The number of aromatic carboxylic acids is 1. The number of aryl methyl sites for hydroxylation is 1. The number of carboxylic acids is 1. The third kappa shape index (κ3) is 8.47. The lowest BCUT2D eigenvalue weighted by Crippen LogP contribution is -2.12. The third-order valence-corrected chi connectivity index (χ3v) is 10.8. The lowest BCUT2D eigenvalue weighted by atomic mass is 10.1. The van der Waals surface area contributed by atoms with Crippen LogP contribution in [0.2, 0.25) is 0 Å². The van der Waals surface area contributed by atoms with Gasteiger partial charge in [0.05, 0.1) is 22.4 Å². The maximum absolute atomic E-state index is 13.0. The molecule has 0 radical (unpaired) electrons. The molecule has 8 rings (SSSR count). The molecule has 0 fully saturated rings. The summed E-state index contributed by atoms with van der Waals surface area (Å²) in [6, 6.07) is 29.9. The Balaban J connectivity index is 1.08. The molecule has 0 saturated heterocycles. The first kappa shape index (κ1) is 41.6. The number of carbonyl (C=O) groups excluding carboxylic acids is 1. The number of phenolic OH excluding ortho intramolecular Hbond substituents is 1. The van der Waals surface area contributed by atoms with Crippen LogP contribution in [0, 0.1) is 6.92 Å². The molecule has 6 N–H and O–H groups in total. The molecule has 0 atom stereocenters. The fourth-order valence-corrected chi connectivity index (χ4v) is 7.91. The van der Waals surface area contributed by atoms with Crippen LogP contribution in [0.15, 0.2) is 142 Å². The highest BCUT2D eigenvalue weighted by Crippen LogP contribution is 2.41. The molecular weight excluding hydrogens is 859 g/mol. The van der Waals surface area contributed by atoms with Crippen molar-refractivity contribution in [3.05, 3.63) is 138 Å². The molecule has 0 unspecified atom stereocenters. The quantitative estimate of drug-likeness (QED) is 0.0401. The maximum Gasteiger partial charge on any atom is 0.446 e. The van der Waals surface area contributed by atoms with Crippen LogP contribution in [-0.4, -0.2) is 62.1 Å². The van der Waals surface area contributed by atoms with Gasteiger partial charge in [-0.25, -0.2) is 9.78 Å². The molecule has 0 saturated carbocycles. The van der Waals surface area contributed by atoms with E-state index in [2.05, 4.69) is 30.8 Å². The number of anilines is 1. The smallest absolute Gasteiger partial charge is 0.446 e. The number of imidazole rings is 1. The van der Waals surface area contributed by atoms with Crippen LogP contribution in [0.3, 0.4) is 0 Å². The minimum absolute atomic E-state index is 0.00614. The minimum Gasteiger partial charge on any atom is -0.507 e. The van der Waals surface area contributed by atoms with Gasteiger partial charge in [0.1, 0.15) is 22.7 Å². The number of rotatable bonds is 11. The molecule has 8 aromatic rings. The summed E-state index contributed by atoms with van der Waals surface area (Å²) in [5, 5.41) is 51.1. The van der Waals surface area contributed by atoms with E-state index in [1.807, 2.05) is 0 Å². The van der Waals surface area contributed by atoms with Crippen LogP contribution in [0.5, 0.6) is 17.2 Å². The number of azo groups is 2. The predicted octanol–water partition coefficient (Wildman–Crippen LogP) is 9.34. The summed E-state index contributed by atoms with van der Waals surface area (Å²) < 4.78 is 74.9. The molecule has 1 heterocycles.